The van der Waals surface area contributed by atoms with Crippen molar-refractivity contribution in [3.63, 3.8) is 0 Å². The summed E-state index contributed by atoms with van der Waals surface area (Å²) in [6.07, 6.45) is 51.6. The van der Waals surface area contributed by atoms with Gasteiger partial charge in [-0.3, -0.25) is 0 Å². The Morgan fingerprint density at radius 1 is 0.220 bits per heavy atom. The van der Waals surface area contributed by atoms with E-state index in [0.717, 1.165) is 11.8 Å². The normalized spacial score (nSPS) is 13.2. The van der Waals surface area contributed by atoms with Crippen LogP contribution < -0.4 is 0 Å². The summed E-state index contributed by atoms with van der Waals surface area (Å²) in [7, 11) is 0. The standard InChI is InChI=1S/C41H84/c1-5-7-9-11-12-13-14-15-16-17-18-19-20-21-22-23-24-25-26-27-28-29-30-31-32-34-37-41(4)39-35-38-40(3)36-33-10-8-6-2/h40-41H,5-39H2,1-4H3. The van der Waals surface area contributed by atoms with E-state index < -0.39 is 0 Å². The molecular weight excluding hydrogens is 492 g/mol. The summed E-state index contributed by atoms with van der Waals surface area (Å²) in [5, 5.41) is 0. The number of hydrogen-bond donors (Lipinski definition) is 0. The predicted molar refractivity (Wildman–Crippen MR) is 191 cm³/mol. The van der Waals surface area contributed by atoms with E-state index in [2.05, 4.69) is 27.7 Å². The summed E-state index contributed by atoms with van der Waals surface area (Å²) in [4.78, 5) is 0. The molecule has 0 aromatic heterocycles. The van der Waals surface area contributed by atoms with E-state index in [1.807, 2.05) is 0 Å². The topological polar surface area (TPSA) is 0 Å². The molecule has 0 aromatic carbocycles. The smallest absolute Gasteiger partial charge is 0.0443 e. The Morgan fingerprint density at radius 3 is 0.634 bits per heavy atom. The molecule has 0 heteroatoms. The van der Waals surface area contributed by atoms with Gasteiger partial charge in [-0.25, -0.2) is 0 Å². The lowest BCUT2D eigenvalue weighted by Crippen LogP contribution is -1.99. The van der Waals surface area contributed by atoms with E-state index in [9.17, 15) is 0 Å². The average Bonchev–Trinajstić information content (AvgIpc) is 2.97. The second-order valence-corrected chi connectivity index (χ2v) is 14.6. The molecular formula is C41H84. The van der Waals surface area contributed by atoms with E-state index in [0.29, 0.717) is 0 Å². The molecule has 0 aliphatic heterocycles. The summed E-state index contributed by atoms with van der Waals surface area (Å²) in [5.41, 5.74) is 0. The zero-order valence-electron chi connectivity index (χ0n) is 29.9. The van der Waals surface area contributed by atoms with Crippen molar-refractivity contribution in [1.29, 1.82) is 0 Å². The van der Waals surface area contributed by atoms with Gasteiger partial charge in [0, 0.05) is 0 Å². The summed E-state index contributed by atoms with van der Waals surface area (Å²) >= 11 is 0. The number of hydrogen-bond acceptors (Lipinski definition) is 0. The van der Waals surface area contributed by atoms with Crippen LogP contribution in [0.5, 0.6) is 0 Å². The zero-order valence-corrected chi connectivity index (χ0v) is 29.9. The maximum Gasteiger partial charge on any atom is -0.0443 e. The lowest BCUT2D eigenvalue weighted by molar-refractivity contribution is 0.391. The Morgan fingerprint density at radius 2 is 0.390 bits per heavy atom. The van der Waals surface area contributed by atoms with Crippen LogP contribution in [0, 0.1) is 11.8 Å². The van der Waals surface area contributed by atoms with Crippen LogP contribution in [0.3, 0.4) is 0 Å². The van der Waals surface area contributed by atoms with E-state index in [4.69, 9.17) is 0 Å². The SMILES string of the molecule is CCCCCCCCCCCCCCCCCCCCCCCCCCCCC(C)CCCC(C)CCCCCC. The van der Waals surface area contributed by atoms with Gasteiger partial charge in [-0.05, 0) is 11.8 Å². The van der Waals surface area contributed by atoms with E-state index in [1.54, 1.807) is 0 Å². The first kappa shape index (κ1) is 41.0. The molecule has 41 heavy (non-hydrogen) atoms. The largest absolute Gasteiger partial charge is 0.0654 e. The summed E-state index contributed by atoms with van der Waals surface area (Å²) in [6.45, 7) is 9.61. The van der Waals surface area contributed by atoms with Gasteiger partial charge < -0.3 is 0 Å². The Kier molecular flexibility index (Phi) is 36.2. The van der Waals surface area contributed by atoms with Crippen LogP contribution in [0.2, 0.25) is 0 Å². The van der Waals surface area contributed by atoms with Crippen molar-refractivity contribution in [3.05, 3.63) is 0 Å². The molecule has 0 N–H and O–H groups in total. The van der Waals surface area contributed by atoms with Crippen molar-refractivity contribution in [1.82, 2.24) is 0 Å². The minimum absolute atomic E-state index is 0.955. The summed E-state index contributed by atoms with van der Waals surface area (Å²) in [5.74, 6) is 1.91. The fourth-order valence-electron chi connectivity index (χ4n) is 6.83. The predicted octanol–water partition coefficient (Wildman–Crippen LogP) is 16.0. The first-order valence-corrected chi connectivity index (χ1v) is 20.2. The van der Waals surface area contributed by atoms with Crippen LogP contribution in [0.15, 0.2) is 0 Å². The van der Waals surface area contributed by atoms with Gasteiger partial charge in [0.2, 0.25) is 0 Å². The molecule has 0 nitrogen and oxygen atoms in total. The van der Waals surface area contributed by atoms with Crippen molar-refractivity contribution >= 4 is 0 Å². The molecule has 0 rings (SSSR count). The second-order valence-electron chi connectivity index (χ2n) is 14.6. The quantitative estimate of drug-likeness (QED) is 0.0651. The minimum atomic E-state index is 0.955. The van der Waals surface area contributed by atoms with Crippen molar-refractivity contribution in [2.75, 3.05) is 0 Å². The van der Waals surface area contributed by atoms with Crippen LogP contribution in [-0.2, 0) is 0 Å². The fraction of sp³-hybridized carbons (Fsp3) is 1.00. The second kappa shape index (κ2) is 36.2. The monoisotopic (exact) mass is 577 g/mol. The first-order valence-electron chi connectivity index (χ1n) is 20.2. The Hall–Kier alpha value is 0. The van der Waals surface area contributed by atoms with Gasteiger partial charge in [0.15, 0.2) is 0 Å². The Labute approximate surface area is 263 Å². The lowest BCUT2D eigenvalue weighted by Gasteiger charge is -2.14. The molecule has 2 atom stereocenters. The maximum atomic E-state index is 2.51. The van der Waals surface area contributed by atoms with Gasteiger partial charge in [-0.1, -0.05) is 252 Å². The third-order valence-electron chi connectivity index (χ3n) is 9.99. The van der Waals surface area contributed by atoms with Gasteiger partial charge in [0.05, 0.1) is 0 Å². The molecule has 0 radical (unpaired) electrons. The van der Waals surface area contributed by atoms with Crippen LogP contribution in [-0.4, -0.2) is 0 Å². The Balaban J connectivity index is 3.16. The molecule has 0 aliphatic carbocycles. The zero-order chi connectivity index (χ0) is 29.9. The van der Waals surface area contributed by atoms with Crippen molar-refractivity contribution in [3.8, 4) is 0 Å². The minimum Gasteiger partial charge on any atom is -0.0654 e. The molecule has 0 saturated heterocycles. The number of rotatable bonds is 36. The molecule has 0 bridgehead atoms. The molecule has 2 unspecified atom stereocenters. The van der Waals surface area contributed by atoms with E-state index in [1.165, 1.54) is 225 Å². The van der Waals surface area contributed by atoms with Gasteiger partial charge >= 0.3 is 0 Å². The van der Waals surface area contributed by atoms with E-state index >= 15 is 0 Å². The van der Waals surface area contributed by atoms with Crippen LogP contribution >= 0.6 is 0 Å². The van der Waals surface area contributed by atoms with E-state index in [-0.39, 0.29) is 0 Å². The summed E-state index contributed by atoms with van der Waals surface area (Å²) in [6, 6.07) is 0. The van der Waals surface area contributed by atoms with Crippen molar-refractivity contribution in [2.24, 2.45) is 11.8 Å². The van der Waals surface area contributed by atoms with Crippen molar-refractivity contribution in [2.45, 2.75) is 252 Å². The van der Waals surface area contributed by atoms with Crippen LogP contribution in [0.1, 0.15) is 252 Å². The highest BCUT2D eigenvalue weighted by atomic mass is 14.1. The fourth-order valence-corrected chi connectivity index (χ4v) is 6.83. The third kappa shape index (κ3) is 36.1. The number of unbranched alkanes of at least 4 members (excludes halogenated alkanes) is 28. The van der Waals surface area contributed by atoms with Crippen LogP contribution in [0.25, 0.3) is 0 Å². The average molecular weight is 577 g/mol. The molecule has 0 spiro atoms. The molecule has 0 aliphatic rings. The van der Waals surface area contributed by atoms with Gasteiger partial charge in [-0.15, -0.1) is 0 Å². The summed E-state index contributed by atoms with van der Waals surface area (Å²) < 4.78 is 0. The maximum absolute atomic E-state index is 2.51. The first-order chi connectivity index (χ1) is 20.2. The molecule has 0 saturated carbocycles. The van der Waals surface area contributed by atoms with Gasteiger partial charge in [0.1, 0.15) is 0 Å². The lowest BCUT2D eigenvalue weighted by atomic mass is 9.92. The van der Waals surface area contributed by atoms with Crippen LogP contribution in [0.4, 0.5) is 0 Å². The molecule has 0 fully saturated rings. The highest BCUT2D eigenvalue weighted by Crippen LogP contribution is 2.22. The van der Waals surface area contributed by atoms with Crippen molar-refractivity contribution < 1.29 is 0 Å². The molecule has 0 heterocycles. The molecule has 0 amide bonds. The highest BCUT2D eigenvalue weighted by molar-refractivity contribution is 4.59. The van der Waals surface area contributed by atoms with Gasteiger partial charge in [-0.2, -0.15) is 0 Å². The third-order valence-corrected chi connectivity index (χ3v) is 9.99. The Bertz CT molecular complexity index is 439. The molecule has 248 valence electrons. The highest BCUT2D eigenvalue weighted by Gasteiger charge is 2.06. The molecule has 0 aromatic rings. The van der Waals surface area contributed by atoms with Gasteiger partial charge in [0.25, 0.3) is 0 Å².